The third-order valence-corrected chi connectivity index (χ3v) is 3.53. The van der Waals surface area contributed by atoms with Crippen LogP contribution in [0.3, 0.4) is 0 Å². The lowest BCUT2D eigenvalue weighted by Crippen LogP contribution is -2.18. The van der Waals surface area contributed by atoms with Crippen LogP contribution in [-0.2, 0) is 5.67 Å². The van der Waals surface area contributed by atoms with Gasteiger partial charge < -0.3 is 5.73 Å². The van der Waals surface area contributed by atoms with Crippen LogP contribution in [0.1, 0.15) is 12.0 Å². The van der Waals surface area contributed by atoms with E-state index in [-0.39, 0.29) is 0 Å². The van der Waals surface area contributed by atoms with Crippen LogP contribution >= 0.6 is 11.8 Å². The summed E-state index contributed by atoms with van der Waals surface area (Å²) in [6.45, 7) is 0. The van der Waals surface area contributed by atoms with Gasteiger partial charge in [-0.15, -0.1) is 0 Å². The van der Waals surface area contributed by atoms with Crippen LogP contribution in [-0.4, -0.2) is 11.5 Å². The number of rotatable bonds is 1. The van der Waals surface area contributed by atoms with Gasteiger partial charge in [-0.05, 0) is 29.9 Å². The lowest BCUT2D eigenvalue weighted by atomic mass is 9.95. The van der Waals surface area contributed by atoms with Crippen molar-refractivity contribution in [2.75, 3.05) is 17.2 Å². The summed E-state index contributed by atoms with van der Waals surface area (Å²) >= 11 is 1.67. The van der Waals surface area contributed by atoms with E-state index >= 15 is 0 Å². The first-order valence-electron chi connectivity index (χ1n) is 4.33. The summed E-state index contributed by atoms with van der Waals surface area (Å²) < 4.78 is 14.1. The van der Waals surface area contributed by atoms with Gasteiger partial charge >= 0.3 is 0 Å². The van der Waals surface area contributed by atoms with E-state index in [9.17, 15) is 4.39 Å². The number of hydrogen-bond donors (Lipinski definition) is 1. The SMILES string of the molecule is Nc1cccc(C2(F)CCSC2)c1. The quantitative estimate of drug-likeness (QED) is 0.700. The van der Waals surface area contributed by atoms with Crippen molar-refractivity contribution in [3.05, 3.63) is 29.8 Å². The van der Waals surface area contributed by atoms with Gasteiger partial charge in [0.1, 0.15) is 5.67 Å². The van der Waals surface area contributed by atoms with Gasteiger partial charge in [0.05, 0.1) is 0 Å². The van der Waals surface area contributed by atoms with Crippen molar-refractivity contribution in [2.24, 2.45) is 0 Å². The second-order valence-electron chi connectivity index (χ2n) is 3.39. The van der Waals surface area contributed by atoms with Crippen LogP contribution in [0.4, 0.5) is 10.1 Å². The van der Waals surface area contributed by atoms with Crippen molar-refractivity contribution in [1.29, 1.82) is 0 Å². The second-order valence-corrected chi connectivity index (χ2v) is 4.50. The molecule has 1 fully saturated rings. The Labute approximate surface area is 81.5 Å². The van der Waals surface area contributed by atoms with Crippen molar-refractivity contribution < 1.29 is 4.39 Å². The number of hydrogen-bond acceptors (Lipinski definition) is 2. The molecule has 1 aromatic carbocycles. The highest BCUT2D eigenvalue weighted by Gasteiger charge is 2.35. The number of thioether (sulfide) groups is 1. The van der Waals surface area contributed by atoms with Gasteiger partial charge in [0.2, 0.25) is 0 Å². The standard InChI is InChI=1S/C10H12FNS/c11-10(4-5-13-7-10)8-2-1-3-9(12)6-8/h1-3,6H,4-5,7,12H2. The molecule has 0 aromatic heterocycles. The van der Waals surface area contributed by atoms with Gasteiger partial charge in [0.25, 0.3) is 0 Å². The number of nitrogen functional groups attached to an aromatic ring is 1. The van der Waals surface area contributed by atoms with Crippen molar-refractivity contribution in [1.82, 2.24) is 0 Å². The predicted molar refractivity (Wildman–Crippen MR) is 55.6 cm³/mol. The van der Waals surface area contributed by atoms with Crippen molar-refractivity contribution in [3.8, 4) is 0 Å². The summed E-state index contributed by atoms with van der Waals surface area (Å²) in [6, 6.07) is 7.16. The number of benzene rings is 1. The fraction of sp³-hybridized carbons (Fsp3) is 0.400. The van der Waals surface area contributed by atoms with Gasteiger partial charge in [-0.3, -0.25) is 0 Å². The van der Waals surface area contributed by atoms with Crippen LogP contribution in [0.25, 0.3) is 0 Å². The monoisotopic (exact) mass is 197 g/mol. The van der Waals surface area contributed by atoms with E-state index in [1.165, 1.54) is 0 Å². The van der Waals surface area contributed by atoms with E-state index in [0.29, 0.717) is 17.9 Å². The zero-order valence-electron chi connectivity index (χ0n) is 7.29. The van der Waals surface area contributed by atoms with E-state index in [2.05, 4.69) is 0 Å². The van der Waals surface area contributed by atoms with E-state index in [4.69, 9.17) is 5.73 Å². The molecule has 1 saturated heterocycles. The average molecular weight is 197 g/mol. The molecular weight excluding hydrogens is 185 g/mol. The van der Waals surface area contributed by atoms with Gasteiger partial charge in [0.15, 0.2) is 0 Å². The van der Waals surface area contributed by atoms with E-state index < -0.39 is 5.67 Å². The smallest absolute Gasteiger partial charge is 0.145 e. The van der Waals surface area contributed by atoms with Crippen LogP contribution in [0.5, 0.6) is 0 Å². The van der Waals surface area contributed by atoms with Crippen molar-refractivity contribution in [3.63, 3.8) is 0 Å². The van der Waals surface area contributed by atoms with Gasteiger partial charge in [-0.25, -0.2) is 4.39 Å². The Morgan fingerprint density at radius 3 is 2.92 bits per heavy atom. The Bertz CT molecular complexity index is 308. The second kappa shape index (κ2) is 3.22. The molecule has 1 aromatic rings. The number of halogens is 1. The molecule has 0 spiro atoms. The first kappa shape index (κ1) is 8.88. The van der Waals surface area contributed by atoms with E-state index in [1.807, 2.05) is 12.1 Å². The van der Waals surface area contributed by atoms with Crippen LogP contribution in [0, 0.1) is 0 Å². The topological polar surface area (TPSA) is 26.0 Å². The largest absolute Gasteiger partial charge is 0.399 e. The minimum atomic E-state index is -1.14. The Morgan fingerprint density at radius 1 is 1.46 bits per heavy atom. The Kier molecular flexibility index (Phi) is 2.20. The first-order chi connectivity index (χ1) is 6.21. The van der Waals surface area contributed by atoms with Crippen molar-refractivity contribution in [2.45, 2.75) is 12.1 Å². The molecule has 1 nitrogen and oxygen atoms in total. The lowest BCUT2D eigenvalue weighted by molar-refractivity contribution is 0.203. The molecule has 1 aliphatic rings. The fourth-order valence-corrected chi connectivity index (χ4v) is 2.83. The molecule has 0 amide bonds. The normalized spacial score (nSPS) is 27.8. The molecule has 1 heterocycles. The third kappa shape index (κ3) is 1.66. The highest BCUT2D eigenvalue weighted by atomic mass is 32.2. The minimum Gasteiger partial charge on any atom is -0.399 e. The molecule has 1 unspecified atom stereocenters. The minimum absolute atomic E-state index is 0.566. The Hall–Kier alpha value is -0.700. The molecular formula is C10H12FNS. The van der Waals surface area contributed by atoms with Crippen LogP contribution in [0.2, 0.25) is 0 Å². The maximum absolute atomic E-state index is 14.1. The summed E-state index contributed by atoms with van der Waals surface area (Å²) in [5.41, 5.74) is 5.85. The molecule has 2 N–H and O–H groups in total. The molecule has 0 aliphatic carbocycles. The fourth-order valence-electron chi connectivity index (χ4n) is 1.59. The molecule has 1 atom stereocenters. The summed E-state index contributed by atoms with van der Waals surface area (Å²) in [7, 11) is 0. The highest BCUT2D eigenvalue weighted by Crippen LogP contribution is 2.40. The summed E-state index contributed by atoms with van der Waals surface area (Å²) in [5.74, 6) is 1.47. The molecule has 0 saturated carbocycles. The maximum atomic E-state index is 14.1. The van der Waals surface area contributed by atoms with Crippen LogP contribution in [0.15, 0.2) is 24.3 Å². The maximum Gasteiger partial charge on any atom is 0.145 e. The molecule has 0 radical (unpaired) electrons. The van der Waals surface area contributed by atoms with Gasteiger partial charge in [-0.1, -0.05) is 12.1 Å². The first-order valence-corrected chi connectivity index (χ1v) is 5.49. The molecule has 13 heavy (non-hydrogen) atoms. The van der Waals surface area contributed by atoms with Gasteiger partial charge in [-0.2, -0.15) is 11.8 Å². The highest BCUT2D eigenvalue weighted by molar-refractivity contribution is 7.99. The van der Waals surface area contributed by atoms with Crippen LogP contribution < -0.4 is 5.73 Å². The van der Waals surface area contributed by atoms with E-state index in [1.54, 1.807) is 23.9 Å². The molecule has 3 heteroatoms. The summed E-state index contributed by atoms with van der Waals surface area (Å²) in [5, 5.41) is 0. The predicted octanol–water partition coefficient (Wildman–Crippen LogP) is 2.57. The summed E-state index contributed by atoms with van der Waals surface area (Å²) in [4.78, 5) is 0. The zero-order valence-corrected chi connectivity index (χ0v) is 8.11. The Balaban J connectivity index is 2.33. The number of alkyl halides is 1. The Morgan fingerprint density at radius 2 is 2.31 bits per heavy atom. The molecule has 70 valence electrons. The molecule has 1 aliphatic heterocycles. The lowest BCUT2D eigenvalue weighted by Gasteiger charge is -2.18. The van der Waals surface area contributed by atoms with Gasteiger partial charge in [0, 0.05) is 11.4 Å². The molecule has 0 bridgehead atoms. The average Bonchev–Trinajstić information content (AvgIpc) is 2.54. The number of nitrogens with two attached hydrogens (primary N) is 1. The zero-order chi connectivity index (χ0) is 9.31. The van der Waals surface area contributed by atoms with E-state index in [0.717, 1.165) is 11.3 Å². The molecule has 2 rings (SSSR count). The third-order valence-electron chi connectivity index (χ3n) is 2.38. The van der Waals surface area contributed by atoms with Crippen molar-refractivity contribution >= 4 is 17.4 Å². The number of anilines is 1. The summed E-state index contributed by atoms with van der Waals surface area (Å²) in [6.07, 6.45) is 0.612.